The second-order valence-electron chi connectivity index (χ2n) is 5.80. The molecular weight excluding hydrogens is 314 g/mol. The molecule has 0 aromatic heterocycles. The van der Waals surface area contributed by atoms with Crippen LogP contribution in [0.5, 0.6) is 0 Å². The smallest absolute Gasteiger partial charge is 0.242 e. The standard InChI is InChI=1S/C16H25N3O3S/c1-17(2)10-9-16(20)14-7-6-8-15(13-14)23(21,22)19(5)12-11-18(3)4/h6-10,13H,11-12H2,1-5H3/b10-9+. The number of ketones is 1. The summed E-state index contributed by atoms with van der Waals surface area (Å²) in [6.45, 7) is 1.01. The Kier molecular flexibility index (Phi) is 6.93. The van der Waals surface area contributed by atoms with E-state index in [2.05, 4.69) is 0 Å². The number of carbonyl (C=O) groups excluding carboxylic acids is 1. The van der Waals surface area contributed by atoms with Crippen LogP contribution in [-0.4, -0.2) is 76.6 Å². The maximum Gasteiger partial charge on any atom is 0.242 e. The predicted octanol–water partition coefficient (Wildman–Crippen LogP) is 1.13. The highest BCUT2D eigenvalue weighted by Gasteiger charge is 2.21. The van der Waals surface area contributed by atoms with Crippen LogP contribution < -0.4 is 0 Å². The highest BCUT2D eigenvalue weighted by Crippen LogP contribution is 2.16. The summed E-state index contributed by atoms with van der Waals surface area (Å²) < 4.78 is 26.4. The monoisotopic (exact) mass is 339 g/mol. The molecule has 0 bridgehead atoms. The lowest BCUT2D eigenvalue weighted by molar-refractivity contribution is 0.104. The zero-order chi connectivity index (χ0) is 17.6. The number of hydrogen-bond donors (Lipinski definition) is 0. The summed E-state index contributed by atoms with van der Waals surface area (Å²) in [7, 11) is 5.33. The number of nitrogens with zero attached hydrogens (tertiary/aromatic N) is 3. The Bertz CT molecular complexity index is 667. The summed E-state index contributed by atoms with van der Waals surface area (Å²) in [5, 5.41) is 0. The number of hydrogen-bond acceptors (Lipinski definition) is 5. The first-order valence-corrected chi connectivity index (χ1v) is 8.68. The average molecular weight is 339 g/mol. The van der Waals surface area contributed by atoms with Gasteiger partial charge in [-0.25, -0.2) is 8.42 Å². The summed E-state index contributed by atoms with van der Waals surface area (Å²) in [4.78, 5) is 15.9. The molecule has 0 fully saturated rings. The molecule has 0 heterocycles. The maximum absolute atomic E-state index is 12.6. The summed E-state index contributed by atoms with van der Waals surface area (Å²) >= 11 is 0. The van der Waals surface area contributed by atoms with Crippen LogP contribution in [0.3, 0.4) is 0 Å². The largest absolute Gasteiger partial charge is 0.383 e. The van der Waals surface area contributed by atoms with Gasteiger partial charge in [0.15, 0.2) is 5.78 Å². The molecule has 7 heteroatoms. The molecule has 0 saturated carbocycles. The number of likely N-dealkylation sites (N-methyl/N-ethyl adjacent to an activating group) is 2. The molecule has 0 spiro atoms. The lowest BCUT2D eigenvalue weighted by Crippen LogP contribution is -2.33. The van der Waals surface area contributed by atoms with Gasteiger partial charge >= 0.3 is 0 Å². The fourth-order valence-electron chi connectivity index (χ4n) is 1.76. The lowest BCUT2D eigenvalue weighted by atomic mass is 10.1. The van der Waals surface area contributed by atoms with Crippen LogP contribution in [0.2, 0.25) is 0 Å². The second kappa shape index (κ2) is 8.24. The Labute approximate surface area is 139 Å². The number of benzene rings is 1. The molecule has 1 aromatic carbocycles. The molecule has 0 unspecified atom stereocenters. The van der Waals surface area contributed by atoms with Gasteiger partial charge in [0.25, 0.3) is 0 Å². The highest BCUT2D eigenvalue weighted by atomic mass is 32.2. The minimum Gasteiger partial charge on any atom is -0.383 e. The summed E-state index contributed by atoms with van der Waals surface area (Å²) in [5.74, 6) is -0.230. The second-order valence-corrected chi connectivity index (χ2v) is 7.85. The first-order chi connectivity index (χ1) is 10.6. The average Bonchev–Trinajstić information content (AvgIpc) is 2.50. The molecule has 0 N–H and O–H groups in total. The first-order valence-electron chi connectivity index (χ1n) is 7.24. The van der Waals surface area contributed by atoms with Crippen molar-refractivity contribution in [2.24, 2.45) is 0 Å². The topological polar surface area (TPSA) is 60.9 Å². The van der Waals surface area contributed by atoms with Crippen LogP contribution in [0.4, 0.5) is 0 Å². The van der Waals surface area contributed by atoms with Crippen molar-refractivity contribution in [2.45, 2.75) is 4.90 Å². The van der Waals surface area contributed by atoms with Crippen molar-refractivity contribution in [1.29, 1.82) is 0 Å². The zero-order valence-electron chi connectivity index (χ0n) is 14.4. The van der Waals surface area contributed by atoms with Crippen molar-refractivity contribution in [2.75, 3.05) is 48.3 Å². The molecule has 23 heavy (non-hydrogen) atoms. The van der Waals surface area contributed by atoms with Crippen molar-refractivity contribution in [1.82, 2.24) is 14.1 Å². The van der Waals surface area contributed by atoms with Crippen LogP contribution in [0.15, 0.2) is 41.4 Å². The molecule has 0 aliphatic carbocycles. The zero-order valence-corrected chi connectivity index (χ0v) is 15.2. The van der Waals surface area contributed by atoms with E-state index in [0.717, 1.165) is 0 Å². The van der Waals surface area contributed by atoms with Crippen LogP contribution in [0.1, 0.15) is 10.4 Å². The molecule has 0 aliphatic heterocycles. The molecule has 1 aromatic rings. The van der Waals surface area contributed by atoms with Gasteiger partial charge in [-0.1, -0.05) is 12.1 Å². The summed E-state index contributed by atoms with van der Waals surface area (Å²) in [5.41, 5.74) is 0.352. The fraction of sp³-hybridized carbons (Fsp3) is 0.438. The highest BCUT2D eigenvalue weighted by molar-refractivity contribution is 7.89. The van der Waals surface area contributed by atoms with Crippen molar-refractivity contribution >= 4 is 15.8 Å². The summed E-state index contributed by atoms with van der Waals surface area (Å²) in [6.07, 6.45) is 3.05. The molecular formula is C16H25N3O3S. The van der Waals surface area contributed by atoms with Gasteiger partial charge in [-0.05, 0) is 26.2 Å². The Hall–Kier alpha value is -1.70. The van der Waals surface area contributed by atoms with Crippen LogP contribution in [0.25, 0.3) is 0 Å². The molecule has 0 atom stereocenters. The summed E-state index contributed by atoms with van der Waals surface area (Å²) in [6, 6.07) is 6.13. The van der Waals surface area contributed by atoms with E-state index >= 15 is 0 Å². The van der Waals surface area contributed by atoms with E-state index in [0.29, 0.717) is 18.7 Å². The number of sulfonamides is 1. The van der Waals surface area contributed by atoms with Gasteiger partial charge in [-0.2, -0.15) is 4.31 Å². The number of carbonyl (C=O) groups is 1. The normalized spacial score (nSPS) is 12.3. The van der Waals surface area contributed by atoms with Gasteiger partial charge < -0.3 is 9.80 Å². The Morgan fingerprint density at radius 2 is 1.74 bits per heavy atom. The van der Waals surface area contributed by atoms with E-state index in [-0.39, 0.29) is 10.7 Å². The third-order valence-electron chi connectivity index (χ3n) is 3.21. The first kappa shape index (κ1) is 19.3. The van der Waals surface area contributed by atoms with Gasteiger partial charge in [-0.3, -0.25) is 4.79 Å². The van der Waals surface area contributed by atoms with E-state index < -0.39 is 10.0 Å². The van der Waals surface area contributed by atoms with E-state index in [1.807, 2.05) is 33.1 Å². The van der Waals surface area contributed by atoms with Gasteiger partial charge in [0.2, 0.25) is 10.0 Å². The van der Waals surface area contributed by atoms with Crippen molar-refractivity contribution < 1.29 is 13.2 Å². The molecule has 0 aliphatic rings. The molecule has 6 nitrogen and oxygen atoms in total. The van der Waals surface area contributed by atoms with Gasteiger partial charge in [0.05, 0.1) is 4.90 Å². The van der Waals surface area contributed by atoms with Crippen molar-refractivity contribution in [3.05, 3.63) is 42.1 Å². The maximum atomic E-state index is 12.6. The Morgan fingerprint density at radius 1 is 1.09 bits per heavy atom. The van der Waals surface area contributed by atoms with Gasteiger partial charge in [-0.15, -0.1) is 0 Å². The molecule has 0 radical (unpaired) electrons. The fourth-order valence-corrected chi connectivity index (χ4v) is 2.97. The minimum atomic E-state index is -3.60. The number of allylic oxidation sites excluding steroid dienone is 1. The van der Waals surface area contributed by atoms with E-state index in [4.69, 9.17) is 0 Å². The molecule has 0 saturated heterocycles. The van der Waals surface area contributed by atoms with Gasteiger partial charge in [0.1, 0.15) is 0 Å². The van der Waals surface area contributed by atoms with Crippen LogP contribution >= 0.6 is 0 Å². The van der Waals surface area contributed by atoms with Crippen molar-refractivity contribution in [3.8, 4) is 0 Å². The Balaban J connectivity index is 3.01. The molecule has 128 valence electrons. The van der Waals surface area contributed by atoms with Crippen molar-refractivity contribution in [3.63, 3.8) is 0 Å². The SMILES string of the molecule is CN(C)/C=C/C(=O)c1cccc(S(=O)(=O)N(C)CCN(C)C)c1. The Morgan fingerprint density at radius 3 is 2.30 bits per heavy atom. The van der Waals surface area contributed by atoms with Crippen LogP contribution in [-0.2, 0) is 10.0 Å². The lowest BCUT2D eigenvalue weighted by Gasteiger charge is -2.19. The quantitative estimate of drug-likeness (QED) is 0.525. The third kappa shape index (κ3) is 5.78. The van der Waals surface area contributed by atoms with Gasteiger partial charge in [0, 0.05) is 52.1 Å². The van der Waals surface area contributed by atoms with E-state index in [1.165, 1.54) is 22.5 Å². The molecule has 0 amide bonds. The van der Waals surface area contributed by atoms with E-state index in [1.54, 1.807) is 30.3 Å². The molecule has 1 rings (SSSR count). The van der Waals surface area contributed by atoms with Crippen LogP contribution in [0, 0.1) is 0 Å². The number of rotatable bonds is 8. The predicted molar refractivity (Wildman–Crippen MR) is 92.0 cm³/mol. The third-order valence-corrected chi connectivity index (χ3v) is 5.07. The van der Waals surface area contributed by atoms with E-state index in [9.17, 15) is 13.2 Å². The minimum absolute atomic E-state index is 0.128.